The summed E-state index contributed by atoms with van der Waals surface area (Å²) in [5.74, 6) is 1.87. The number of nitrogens with one attached hydrogen (secondary N) is 1. The number of rotatable bonds is 6. The number of carbonyl (C=O) groups excluding carboxylic acids is 1. The fraction of sp³-hybridized carbons (Fsp3) is 0.529. The maximum Gasteiger partial charge on any atom is 0.243 e. The van der Waals surface area contributed by atoms with Crippen molar-refractivity contribution in [1.29, 1.82) is 0 Å². The summed E-state index contributed by atoms with van der Waals surface area (Å²) in [5.41, 5.74) is 0. The Labute approximate surface area is 166 Å². The molecular formula is C17H27IN4OS. The van der Waals surface area contributed by atoms with Gasteiger partial charge in [0.05, 0.1) is 0 Å². The number of hydrogen-bond acceptors (Lipinski definition) is 3. The zero-order valence-electron chi connectivity index (χ0n) is 14.4. The van der Waals surface area contributed by atoms with Gasteiger partial charge in [-0.2, -0.15) is 0 Å². The average molecular weight is 462 g/mol. The van der Waals surface area contributed by atoms with Gasteiger partial charge in [-0.25, -0.2) is 4.99 Å². The Balaban J connectivity index is 0.00000288. The second kappa shape index (κ2) is 11.6. The van der Waals surface area contributed by atoms with Crippen molar-refractivity contribution in [3.8, 4) is 0 Å². The minimum Gasteiger partial charge on any atom is -0.355 e. The van der Waals surface area contributed by atoms with Crippen molar-refractivity contribution >= 4 is 47.6 Å². The molecule has 1 aliphatic rings. The van der Waals surface area contributed by atoms with Crippen molar-refractivity contribution < 1.29 is 4.79 Å². The van der Waals surface area contributed by atoms with Gasteiger partial charge in [-0.05, 0) is 25.0 Å². The summed E-state index contributed by atoms with van der Waals surface area (Å²) in [7, 11) is 3.52. The van der Waals surface area contributed by atoms with Crippen LogP contribution in [0.2, 0.25) is 0 Å². The van der Waals surface area contributed by atoms with E-state index in [1.165, 1.54) is 17.7 Å². The summed E-state index contributed by atoms with van der Waals surface area (Å²) < 4.78 is 0. The molecule has 1 heterocycles. The summed E-state index contributed by atoms with van der Waals surface area (Å²) in [6, 6.07) is 10.4. The van der Waals surface area contributed by atoms with Gasteiger partial charge in [0.2, 0.25) is 5.91 Å². The molecule has 0 aliphatic carbocycles. The van der Waals surface area contributed by atoms with Crippen LogP contribution in [0, 0.1) is 0 Å². The van der Waals surface area contributed by atoms with Crippen LogP contribution in [-0.4, -0.2) is 67.7 Å². The fourth-order valence-corrected chi connectivity index (χ4v) is 3.12. The third-order valence-electron chi connectivity index (χ3n) is 3.67. The smallest absolute Gasteiger partial charge is 0.243 e. The van der Waals surface area contributed by atoms with E-state index in [1.807, 2.05) is 17.8 Å². The van der Waals surface area contributed by atoms with E-state index in [9.17, 15) is 4.79 Å². The van der Waals surface area contributed by atoms with Gasteiger partial charge in [0.25, 0.3) is 0 Å². The third kappa shape index (κ3) is 7.29. The highest BCUT2D eigenvalue weighted by atomic mass is 127. The van der Waals surface area contributed by atoms with Crippen molar-refractivity contribution in [2.45, 2.75) is 17.7 Å². The summed E-state index contributed by atoms with van der Waals surface area (Å²) in [6.45, 7) is 3.09. The number of nitrogens with zero attached hydrogens (tertiary/aromatic N) is 3. The molecule has 1 aliphatic heterocycles. The van der Waals surface area contributed by atoms with Gasteiger partial charge in [0.15, 0.2) is 5.96 Å². The van der Waals surface area contributed by atoms with Gasteiger partial charge in [-0.3, -0.25) is 4.79 Å². The topological polar surface area (TPSA) is 47.9 Å². The molecule has 0 radical (unpaired) electrons. The van der Waals surface area contributed by atoms with E-state index in [2.05, 4.69) is 39.5 Å². The number of carbonyl (C=O) groups is 1. The lowest BCUT2D eigenvalue weighted by Crippen LogP contribution is -2.41. The molecule has 2 rings (SSSR count). The van der Waals surface area contributed by atoms with Gasteiger partial charge >= 0.3 is 0 Å². The van der Waals surface area contributed by atoms with E-state index >= 15 is 0 Å². The minimum atomic E-state index is 0. The largest absolute Gasteiger partial charge is 0.355 e. The highest BCUT2D eigenvalue weighted by Gasteiger charge is 2.16. The van der Waals surface area contributed by atoms with Crippen LogP contribution in [0.15, 0.2) is 40.2 Å². The molecule has 0 atom stereocenters. The first-order valence-electron chi connectivity index (χ1n) is 8.08. The van der Waals surface area contributed by atoms with E-state index in [-0.39, 0.29) is 36.4 Å². The van der Waals surface area contributed by atoms with Crippen LogP contribution in [0.1, 0.15) is 12.8 Å². The van der Waals surface area contributed by atoms with Gasteiger partial charge < -0.3 is 15.1 Å². The predicted molar refractivity (Wildman–Crippen MR) is 112 cm³/mol. The Kier molecular flexibility index (Phi) is 10.2. The molecule has 1 N–H and O–H groups in total. The Hall–Kier alpha value is -0.960. The van der Waals surface area contributed by atoms with Crippen LogP contribution >= 0.6 is 35.7 Å². The lowest BCUT2D eigenvalue weighted by molar-refractivity contribution is -0.127. The van der Waals surface area contributed by atoms with Crippen molar-refractivity contribution in [1.82, 2.24) is 15.1 Å². The predicted octanol–water partition coefficient (Wildman–Crippen LogP) is 2.53. The number of thioether (sulfide) groups is 1. The van der Waals surface area contributed by atoms with E-state index in [4.69, 9.17) is 0 Å². The van der Waals surface area contributed by atoms with Crippen LogP contribution in [0.5, 0.6) is 0 Å². The first kappa shape index (κ1) is 21.1. The lowest BCUT2D eigenvalue weighted by Gasteiger charge is -2.21. The molecule has 0 bridgehead atoms. The second-order valence-corrected chi connectivity index (χ2v) is 6.88. The van der Waals surface area contributed by atoms with E-state index in [1.54, 1.807) is 19.0 Å². The van der Waals surface area contributed by atoms with E-state index in [0.29, 0.717) is 0 Å². The molecule has 7 heteroatoms. The number of aliphatic imine (C=N–C) groups is 1. The number of benzene rings is 1. The van der Waals surface area contributed by atoms with Crippen LogP contribution in [0.4, 0.5) is 0 Å². The second-order valence-electron chi connectivity index (χ2n) is 5.71. The average Bonchev–Trinajstić information content (AvgIpc) is 3.09. The standard InChI is InChI=1S/C17H26N4OS.HI/c1-20(2)16(22)14-19-17(21-11-6-7-12-21)18-10-13-23-15-8-4-3-5-9-15;/h3-5,8-9H,6-7,10-14H2,1-2H3,(H,18,19);1H. The van der Waals surface area contributed by atoms with Crippen LogP contribution in [0.25, 0.3) is 0 Å². The number of hydrogen-bond donors (Lipinski definition) is 1. The van der Waals surface area contributed by atoms with Crippen molar-refractivity contribution in [2.24, 2.45) is 4.99 Å². The van der Waals surface area contributed by atoms with Crippen LogP contribution < -0.4 is 5.32 Å². The summed E-state index contributed by atoms with van der Waals surface area (Å²) in [4.78, 5) is 21.3. The van der Waals surface area contributed by atoms with Crippen LogP contribution in [0.3, 0.4) is 0 Å². The highest BCUT2D eigenvalue weighted by molar-refractivity contribution is 14.0. The monoisotopic (exact) mass is 462 g/mol. The Morgan fingerprint density at radius 1 is 1.25 bits per heavy atom. The molecule has 1 amide bonds. The van der Waals surface area contributed by atoms with Gasteiger partial charge in [0.1, 0.15) is 6.54 Å². The van der Waals surface area contributed by atoms with Crippen molar-refractivity contribution in [3.63, 3.8) is 0 Å². The molecule has 24 heavy (non-hydrogen) atoms. The first-order chi connectivity index (χ1) is 11.2. The SMILES string of the molecule is CN(C)C(=O)CN=C(NCCSc1ccccc1)N1CCCC1.I. The summed E-state index contributed by atoms with van der Waals surface area (Å²) in [5, 5.41) is 3.41. The van der Waals surface area contributed by atoms with Crippen molar-refractivity contribution in [3.05, 3.63) is 30.3 Å². The molecule has 134 valence electrons. The summed E-state index contributed by atoms with van der Waals surface area (Å²) in [6.07, 6.45) is 2.39. The maximum atomic E-state index is 11.7. The Morgan fingerprint density at radius 3 is 2.54 bits per heavy atom. The van der Waals surface area contributed by atoms with Gasteiger partial charge in [0, 0.05) is 44.4 Å². The fourth-order valence-electron chi connectivity index (χ4n) is 2.33. The molecule has 0 spiro atoms. The quantitative estimate of drug-likeness (QED) is 0.232. The lowest BCUT2D eigenvalue weighted by atomic mass is 10.4. The normalized spacial score (nSPS) is 14.2. The third-order valence-corrected chi connectivity index (χ3v) is 4.68. The molecule has 1 aromatic carbocycles. The maximum absolute atomic E-state index is 11.7. The van der Waals surface area contributed by atoms with E-state index < -0.39 is 0 Å². The molecular weight excluding hydrogens is 435 g/mol. The number of likely N-dealkylation sites (tertiary alicyclic amines) is 1. The van der Waals surface area contributed by atoms with E-state index in [0.717, 1.165) is 31.3 Å². The molecule has 1 saturated heterocycles. The van der Waals surface area contributed by atoms with Crippen LogP contribution in [-0.2, 0) is 4.79 Å². The molecule has 0 saturated carbocycles. The minimum absolute atomic E-state index is 0. The molecule has 0 aromatic heterocycles. The number of guanidine groups is 1. The number of halogens is 1. The molecule has 0 unspecified atom stereocenters. The first-order valence-corrected chi connectivity index (χ1v) is 9.06. The van der Waals surface area contributed by atoms with Gasteiger partial charge in [-0.1, -0.05) is 18.2 Å². The Bertz CT molecular complexity index is 519. The number of amides is 1. The molecule has 1 aromatic rings. The molecule has 1 fully saturated rings. The highest BCUT2D eigenvalue weighted by Crippen LogP contribution is 2.16. The molecule has 5 nitrogen and oxygen atoms in total. The van der Waals surface area contributed by atoms with Gasteiger partial charge in [-0.15, -0.1) is 35.7 Å². The van der Waals surface area contributed by atoms with Crippen molar-refractivity contribution in [2.75, 3.05) is 46.0 Å². The Morgan fingerprint density at radius 2 is 1.92 bits per heavy atom. The summed E-state index contributed by atoms with van der Waals surface area (Å²) >= 11 is 1.82. The zero-order chi connectivity index (χ0) is 16.5. The number of likely N-dealkylation sites (N-methyl/N-ethyl adjacent to an activating group) is 1. The zero-order valence-corrected chi connectivity index (χ0v) is 17.5.